The Morgan fingerprint density at radius 3 is 2.62 bits per heavy atom. The van der Waals surface area contributed by atoms with E-state index in [0.717, 1.165) is 31.5 Å². The van der Waals surface area contributed by atoms with Crippen molar-refractivity contribution in [1.82, 2.24) is 4.90 Å². The number of hydrogen-bond donors (Lipinski definition) is 0. The van der Waals surface area contributed by atoms with E-state index in [1.165, 1.54) is 0 Å². The van der Waals surface area contributed by atoms with Gasteiger partial charge in [-0.25, -0.2) is 0 Å². The quantitative estimate of drug-likeness (QED) is 0.708. The number of likely N-dealkylation sites (tertiary alicyclic amines) is 1. The lowest BCUT2D eigenvalue weighted by Gasteiger charge is -2.12. The first-order chi connectivity index (χ1) is 7.86. The zero-order valence-corrected chi connectivity index (χ0v) is 9.30. The Morgan fingerprint density at radius 1 is 1.25 bits per heavy atom. The van der Waals surface area contributed by atoms with Crippen LogP contribution in [0.2, 0.25) is 0 Å². The molecule has 0 atom stereocenters. The van der Waals surface area contributed by atoms with E-state index in [0.29, 0.717) is 0 Å². The molecule has 16 heavy (non-hydrogen) atoms. The van der Waals surface area contributed by atoms with Crippen LogP contribution in [0, 0.1) is 0 Å². The lowest BCUT2D eigenvalue weighted by Crippen LogP contribution is -2.29. The normalized spacial score (nSPS) is 15.9. The summed E-state index contributed by atoms with van der Waals surface area (Å²) in [5.74, 6) is 0.143. The Kier molecular flexibility index (Phi) is 3.70. The molecule has 1 aliphatic rings. The fourth-order valence-electron chi connectivity index (χ4n) is 1.83. The predicted octanol–water partition coefficient (Wildman–Crippen LogP) is 1.73. The SMILES string of the molecule is O=C(CN=Cc1ccccc1)N1CCCC1. The van der Waals surface area contributed by atoms with Crippen LogP contribution in [0.4, 0.5) is 0 Å². The molecule has 1 aromatic carbocycles. The molecule has 0 aliphatic carbocycles. The molecule has 1 saturated heterocycles. The maximum absolute atomic E-state index is 11.6. The lowest BCUT2D eigenvalue weighted by molar-refractivity contribution is -0.128. The Hall–Kier alpha value is -1.64. The van der Waals surface area contributed by atoms with Crippen molar-refractivity contribution in [3.05, 3.63) is 35.9 Å². The van der Waals surface area contributed by atoms with Gasteiger partial charge in [0.2, 0.25) is 5.91 Å². The molecule has 0 spiro atoms. The number of amides is 1. The van der Waals surface area contributed by atoms with Gasteiger partial charge in [0, 0.05) is 19.3 Å². The van der Waals surface area contributed by atoms with Crippen LogP contribution in [-0.4, -0.2) is 36.7 Å². The van der Waals surface area contributed by atoms with Gasteiger partial charge >= 0.3 is 0 Å². The second-order valence-electron chi connectivity index (χ2n) is 3.97. The fourth-order valence-corrected chi connectivity index (χ4v) is 1.83. The van der Waals surface area contributed by atoms with Crippen LogP contribution >= 0.6 is 0 Å². The molecule has 1 aromatic rings. The van der Waals surface area contributed by atoms with Gasteiger partial charge in [0.05, 0.1) is 0 Å². The maximum atomic E-state index is 11.6. The molecule has 0 radical (unpaired) electrons. The minimum atomic E-state index is 0.143. The highest BCUT2D eigenvalue weighted by Gasteiger charge is 2.16. The van der Waals surface area contributed by atoms with Gasteiger partial charge in [0.1, 0.15) is 6.54 Å². The van der Waals surface area contributed by atoms with Crippen molar-refractivity contribution in [1.29, 1.82) is 0 Å². The highest BCUT2D eigenvalue weighted by Crippen LogP contribution is 2.07. The van der Waals surface area contributed by atoms with E-state index in [-0.39, 0.29) is 12.5 Å². The minimum Gasteiger partial charge on any atom is -0.341 e. The zero-order chi connectivity index (χ0) is 11.2. The van der Waals surface area contributed by atoms with Crippen LogP contribution < -0.4 is 0 Å². The molecule has 0 unspecified atom stereocenters. The van der Waals surface area contributed by atoms with Crippen molar-refractivity contribution in [2.75, 3.05) is 19.6 Å². The highest BCUT2D eigenvalue weighted by molar-refractivity contribution is 5.84. The summed E-state index contributed by atoms with van der Waals surface area (Å²) >= 11 is 0. The second-order valence-corrected chi connectivity index (χ2v) is 3.97. The average Bonchev–Trinajstić information content (AvgIpc) is 2.84. The van der Waals surface area contributed by atoms with Gasteiger partial charge in [-0.3, -0.25) is 9.79 Å². The third-order valence-electron chi connectivity index (χ3n) is 2.73. The molecule has 0 saturated carbocycles. The summed E-state index contributed by atoms with van der Waals surface area (Å²) in [4.78, 5) is 17.7. The summed E-state index contributed by atoms with van der Waals surface area (Å²) < 4.78 is 0. The Labute approximate surface area is 95.8 Å². The summed E-state index contributed by atoms with van der Waals surface area (Å²) in [7, 11) is 0. The van der Waals surface area contributed by atoms with Gasteiger partial charge in [-0.05, 0) is 18.4 Å². The molecular weight excluding hydrogens is 200 g/mol. The molecule has 1 amide bonds. The molecule has 0 aromatic heterocycles. The zero-order valence-electron chi connectivity index (χ0n) is 9.30. The topological polar surface area (TPSA) is 32.7 Å². The van der Waals surface area contributed by atoms with E-state index in [9.17, 15) is 4.79 Å². The minimum absolute atomic E-state index is 0.143. The first-order valence-electron chi connectivity index (χ1n) is 5.69. The Morgan fingerprint density at radius 2 is 1.94 bits per heavy atom. The van der Waals surface area contributed by atoms with Crippen molar-refractivity contribution in [2.45, 2.75) is 12.8 Å². The number of nitrogens with zero attached hydrogens (tertiary/aromatic N) is 2. The number of carbonyl (C=O) groups is 1. The summed E-state index contributed by atoms with van der Waals surface area (Å²) in [5, 5.41) is 0. The van der Waals surface area contributed by atoms with Crippen LogP contribution in [-0.2, 0) is 4.79 Å². The van der Waals surface area contributed by atoms with Gasteiger partial charge in [0.15, 0.2) is 0 Å². The fraction of sp³-hybridized carbons (Fsp3) is 0.385. The van der Waals surface area contributed by atoms with Crippen LogP contribution in [0.3, 0.4) is 0 Å². The van der Waals surface area contributed by atoms with E-state index in [1.807, 2.05) is 35.2 Å². The van der Waals surface area contributed by atoms with Gasteiger partial charge in [-0.1, -0.05) is 30.3 Å². The number of carbonyl (C=O) groups excluding carboxylic acids is 1. The summed E-state index contributed by atoms with van der Waals surface area (Å²) in [6.45, 7) is 2.08. The largest absolute Gasteiger partial charge is 0.341 e. The summed E-state index contributed by atoms with van der Waals surface area (Å²) in [6.07, 6.45) is 4.02. The van der Waals surface area contributed by atoms with Crippen LogP contribution in [0.1, 0.15) is 18.4 Å². The van der Waals surface area contributed by atoms with Crippen LogP contribution in [0.25, 0.3) is 0 Å². The van der Waals surface area contributed by atoms with Gasteiger partial charge in [-0.2, -0.15) is 0 Å². The predicted molar refractivity (Wildman–Crippen MR) is 64.7 cm³/mol. The van der Waals surface area contributed by atoms with E-state index in [2.05, 4.69) is 4.99 Å². The molecule has 3 heteroatoms. The number of aliphatic imine (C=N–C) groups is 1. The average molecular weight is 216 g/mol. The molecule has 1 aliphatic heterocycles. The highest BCUT2D eigenvalue weighted by atomic mass is 16.2. The van der Waals surface area contributed by atoms with E-state index in [1.54, 1.807) is 6.21 Å². The lowest BCUT2D eigenvalue weighted by atomic mass is 10.2. The molecular formula is C13H16N2O. The van der Waals surface area contributed by atoms with Crippen molar-refractivity contribution in [3.8, 4) is 0 Å². The monoisotopic (exact) mass is 216 g/mol. The summed E-state index contributed by atoms with van der Waals surface area (Å²) in [6, 6.07) is 9.84. The van der Waals surface area contributed by atoms with Crippen molar-refractivity contribution < 1.29 is 4.79 Å². The van der Waals surface area contributed by atoms with Crippen molar-refractivity contribution >= 4 is 12.1 Å². The Bertz CT molecular complexity index is 367. The number of hydrogen-bond acceptors (Lipinski definition) is 2. The number of rotatable bonds is 3. The van der Waals surface area contributed by atoms with Crippen molar-refractivity contribution in [3.63, 3.8) is 0 Å². The van der Waals surface area contributed by atoms with Crippen LogP contribution in [0.5, 0.6) is 0 Å². The van der Waals surface area contributed by atoms with Crippen LogP contribution in [0.15, 0.2) is 35.3 Å². The van der Waals surface area contributed by atoms with E-state index < -0.39 is 0 Å². The number of benzene rings is 1. The third kappa shape index (κ3) is 2.92. The van der Waals surface area contributed by atoms with Crippen molar-refractivity contribution in [2.24, 2.45) is 4.99 Å². The molecule has 3 nitrogen and oxygen atoms in total. The smallest absolute Gasteiger partial charge is 0.244 e. The third-order valence-corrected chi connectivity index (χ3v) is 2.73. The summed E-state index contributed by atoms with van der Waals surface area (Å²) in [5.41, 5.74) is 1.04. The van der Waals surface area contributed by atoms with Gasteiger partial charge in [-0.15, -0.1) is 0 Å². The first kappa shape index (κ1) is 10.9. The van der Waals surface area contributed by atoms with E-state index >= 15 is 0 Å². The molecule has 0 bridgehead atoms. The molecule has 0 N–H and O–H groups in total. The molecule has 1 heterocycles. The molecule has 1 fully saturated rings. The van der Waals surface area contributed by atoms with Gasteiger partial charge < -0.3 is 4.90 Å². The maximum Gasteiger partial charge on any atom is 0.244 e. The molecule has 2 rings (SSSR count). The van der Waals surface area contributed by atoms with Gasteiger partial charge in [0.25, 0.3) is 0 Å². The standard InChI is InChI=1S/C13H16N2O/c16-13(15-8-4-5-9-15)11-14-10-12-6-2-1-3-7-12/h1-3,6-7,10H,4-5,8-9,11H2. The first-order valence-corrected chi connectivity index (χ1v) is 5.69. The second kappa shape index (κ2) is 5.45. The molecule has 84 valence electrons. The van der Waals surface area contributed by atoms with E-state index in [4.69, 9.17) is 0 Å². The Balaban J connectivity index is 1.82.